The van der Waals surface area contributed by atoms with Crippen LogP contribution in [0.4, 0.5) is 13.2 Å². The maximum atomic E-state index is 13.6. The van der Waals surface area contributed by atoms with Crippen molar-refractivity contribution in [3.8, 4) is 17.2 Å². The SMILES string of the molecule is CN(C)[S+](=O)(O)n1cc(-c2ccc(C(O)(CC#N)c3ccc(Cl)cc3)cc2)c(C(F)(F)F)n1. The summed E-state index contributed by atoms with van der Waals surface area (Å²) in [5.41, 5.74) is -2.75. The van der Waals surface area contributed by atoms with Gasteiger partial charge in [-0.1, -0.05) is 52.3 Å². The van der Waals surface area contributed by atoms with Gasteiger partial charge in [-0.2, -0.15) is 18.4 Å². The van der Waals surface area contributed by atoms with Crippen molar-refractivity contribution in [1.82, 2.24) is 13.5 Å². The van der Waals surface area contributed by atoms with Crippen molar-refractivity contribution < 1.29 is 27.0 Å². The zero-order chi connectivity index (χ0) is 24.6. The maximum Gasteiger partial charge on any atom is 0.435 e. The quantitative estimate of drug-likeness (QED) is 0.483. The lowest BCUT2D eigenvalue weighted by atomic mass is 9.83. The van der Waals surface area contributed by atoms with Gasteiger partial charge in [0.1, 0.15) is 5.60 Å². The molecule has 3 aromatic rings. The van der Waals surface area contributed by atoms with Crippen molar-refractivity contribution >= 4 is 22.2 Å². The molecule has 2 N–H and O–H groups in total. The Morgan fingerprint density at radius 1 is 1.12 bits per heavy atom. The van der Waals surface area contributed by atoms with Gasteiger partial charge in [-0.25, -0.2) is 0 Å². The standard InChI is InChI=1S/C21H18ClF3N4O3S/c1-28(2)33(31,32)29-13-18(19(27-29)21(23,24)25)14-3-5-15(6-4-14)20(30,11-12-26)16-7-9-17(22)10-8-16/h3-10,13,30H,11H2,1-2H3/p+1. The minimum absolute atomic E-state index is 0.0571. The summed E-state index contributed by atoms with van der Waals surface area (Å²) in [6.45, 7) is 0. The van der Waals surface area contributed by atoms with Crippen molar-refractivity contribution in [2.45, 2.75) is 18.2 Å². The maximum absolute atomic E-state index is 13.6. The van der Waals surface area contributed by atoms with E-state index in [1.807, 2.05) is 6.07 Å². The minimum Gasteiger partial charge on any atom is -0.379 e. The highest BCUT2D eigenvalue weighted by Crippen LogP contribution is 2.39. The Morgan fingerprint density at radius 2 is 1.64 bits per heavy atom. The van der Waals surface area contributed by atoms with Gasteiger partial charge in [0.25, 0.3) is 0 Å². The first kappa shape index (κ1) is 24.9. The van der Waals surface area contributed by atoms with Crippen LogP contribution in [0.3, 0.4) is 0 Å². The smallest absolute Gasteiger partial charge is 0.379 e. The summed E-state index contributed by atoms with van der Waals surface area (Å²) in [7, 11) is -1.55. The predicted octanol–water partition coefficient (Wildman–Crippen LogP) is 4.58. The van der Waals surface area contributed by atoms with Crippen LogP contribution in [-0.2, 0) is 26.6 Å². The fourth-order valence-electron chi connectivity index (χ4n) is 3.20. The van der Waals surface area contributed by atoms with Gasteiger partial charge in [0.2, 0.25) is 0 Å². The first-order chi connectivity index (χ1) is 15.3. The van der Waals surface area contributed by atoms with E-state index in [2.05, 4.69) is 5.10 Å². The van der Waals surface area contributed by atoms with Gasteiger partial charge >= 0.3 is 16.8 Å². The topological polar surface area (TPSA) is 102 Å². The highest BCUT2D eigenvalue weighted by Gasteiger charge is 2.43. The third kappa shape index (κ3) is 4.80. The van der Waals surface area contributed by atoms with Crippen LogP contribution in [0, 0.1) is 11.3 Å². The summed E-state index contributed by atoms with van der Waals surface area (Å²) in [5.74, 6) is 0. The molecule has 0 saturated carbocycles. The van der Waals surface area contributed by atoms with Gasteiger partial charge in [0.15, 0.2) is 5.69 Å². The van der Waals surface area contributed by atoms with E-state index < -0.39 is 33.6 Å². The predicted molar refractivity (Wildman–Crippen MR) is 117 cm³/mol. The van der Waals surface area contributed by atoms with E-state index in [-0.39, 0.29) is 17.5 Å². The molecule has 2 unspecified atom stereocenters. The third-order valence-electron chi connectivity index (χ3n) is 5.01. The van der Waals surface area contributed by atoms with Crippen LogP contribution < -0.4 is 0 Å². The monoisotopic (exact) mass is 499 g/mol. The van der Waals surface area contributed by atoms with Gasteiger partial charge in [-0.3, -0.25) is 0 Å². The molecule has 1 aromatic heterocycles. The normalized spacial score (nSPS) is 15.6. The van der Waals surface area contributed by atoms with Crippen LogP contribution in [0.1, 0.15) is 23.2 Å². The second-order valence-corrected chi connectivity index (χ2v) is 9.83. The molecule has 7 nitrogen and oxygen atoms in total. The average Bonchev–Trinajstić information content (AvgIpc) is 3.21. The minimum atomic E-state index is -4.88. The van der Waals surface area contributed by atoms with E-state index in [9.17, 15) is 32.3 Å². The summed E-state index contributed by atoms with van der Waals surface area (Å²) in [4.78, 5) is 0. The molecule has 0 aliphatic rings. The molecule has 2 aromatic carbocycles. The molecule has 0 spiro atoms. The van der Waals surface area contributed by atoms with Crippen molar-refractivity contribution in [3.05, 3.63) is 76.6 Å². The van der Waals surface area contributed by atoms with Gasteiger partial charge in [0, 0.05) is 24.7 Å². The highest BCUT2D eigenvalue weighted by atomic mass is 35.5. The van der Waals surface area contributed by atoms with Crippen molar-refractivity contribution in [2.24, 2.45) is 0 Å². The first-order valence-corrected chi connectivity index (χ1v) is 11.2. The summed E-state index contributed by atoms with van der Waals surface area (Å²) >= 11 is 5.89. The Balaban J connectivity index is 2.10. The molecule has 1 heterocycles. The number of halogens is 4. The fraction of sp³-hybridized carbons (Fsp3) is 0.238. The van der Waals surface area contributed by atoms with Crippen LogP contribution in [0.15, 0.2) is 54.7 Å². The Hall–Kier alpha value is -2.75. The molecule has 0 aliphatic carbocycles. The van der Waals surface area contributed by atoms with E-state index in [1.165, 1.54) is 38.4 Å². The zero-order valence-electron chi connectivity index (χ0n) is 17.4. The lowest BCUT2D eigenvalue weighted by Gasteiger charge is -2.27. The Labute approximate surface area is 194 Å². The second kappa shape index (κ2) is 8.89. The van der Waals surface area contributed by atoms with Crippen LogP contribution in [-0.4, -0.2) is 37.2 Å². The lowest BCUT2D eigenvalue weighted by molar-refractivity contribution is -0.140. The van der Waals surface area contributed by atoms with Gasteiger partial charge in [0.05, 0.1) is 18.7 Å². The summed E-state index contributed by atoms with van der Waals surface area (Å²) in [5, 5.41) is 24.2. The molecule has 12 heteroatoms. The Morgan fingerprint density at radius 3 is 2.09 bits per heavy atom. The lowest BCUT2D eigenvalue weighted by Crippen LogP contribution is -2.35. The number of hydrogen-bond donors (Lipinski definition) is 2. The summed E-state index contributed by atoms with van der Waals surface area (Å²) in [6.07, 6.45) is -4.35. The number of rotatable bonds is 6. The molecule has 2 atom stereocenters. The number of alkyl halides is 3. The van der Waals surface area contributed by atoms with Crippen LogP contribution >= 0.6 is 11.6 Å². The molecular formula is C21H19ClF3N4O3S+. The Kier molecular flexibility index (Phi) is 6.70. The third-order valence-corrected chi connectivity index (χ3v) is 6.89. The number of nitriles is 1. The molecule has 0 bridgehead atoms. The van der Waals surface area contributed by atoms with Gasteiger partial charge in [-0.15, -0.1) is 9.65 Å². The van der Waals surface area contributed by atoms with Crippen molar-refractivity contribution in [2.75, 3.05) is 14.1 Å². The highest BCUT2D eigenvalue weighted by molar-refractivity contribution is 7.93. The molecule has 0 saturated heterocycles. The molecule has 0 fully saturated rings. The van der Waals surface area contributed by atoms with E-state index in [0.29, 0.717) is 14.7 Å². The molecule has 33 heavy (non-hydrogen) atoms. The second-order valence-electron chi connectivity index (χ2n) is 7.35. The van der Waals surface area contributed by atoms with Crippen LogP contribution in [0.2, 0.25) is 5.02 Å². The largest absolute Gasteiger partial charge is 0.435 e. The molecule has 0 radical (unpaired) electrons. The number of aliphatic hydroxyl groups is 1. The molecule has 3 rings (SSSR count). The average molecular weight is 500 g/mol. The number of benzene rings is 2. The van der Waals surface area contributed by atoms with Gasteiger partial charge < -0.3 is 5.11 Å². The van der Waals surface area contributed by atoms with Crippen LogP contribution in [0.25, 0.3) is 11.1 Å². The molecular weight excluding hydrogens is 481 g/mol. The van der Waals surface area contributed by atoms with Crippen molar-refractivity contribution in [1.29, 1.82) is 5.26 Å². The Bertz CT molecular complexity index is 1240. The summed E-state index contributed by atoms with van der Waals surface area (Å²) in [6, 6.07) is 13.5. The zero-order valence-corrected chi connectivity index (χ0v) is 19.0. The number of hydrogen-bond acceptors (Lipinski definition) is 4. The first-order valence-electron chi connectivity index (χ1n) is 9.38. The van der Waals surface area contributed by atoms with E-state index in [0.717, 1.165) is 10.5 Å². The molecule has 0 aliphatic heterocycles. The molecule has 0 amide bonds. The van der Waals surface area contributed by atoms with E-state index >= 15 is 0 Å². The molecule has 174 valence electrons. The summed E-state index contributed by atoms with van der Waals surface area (Å²) < 4.78 is 64.5. The fourth-order valence-corrected chi connectivity index (χ4v) is 4.09. The number of nitrogens with zero attached hydrogens (tertiary/aromatic N) is 4. The van der Waals surface area contributed by atoms with E-state index in [4.69, 9.17) is 11.6 Å². The van der Waals surface area contributed by atoms with Gasteiger partial charge in [-0.05, 0) is 37.1 Å². The number of aromatic nitrogens is 2. The van der Waals surface area contributed by atoms with Crippen LogP contribution in [0.5, 0.6) is 0 Å². The van der Waals surface area contributed by atoms with Crippen molar-refractivity contribution in [3.63, 3.8) is 0 Å². The van der Waals surface area contributed by atoms with E-state index in [1.54, 1.807) is 24.3 Å².